The summed E-state index contributed by atoms with van der Waals surface area (Å²) >= 11 is 0. The van der Waals surface area contributed by atoms with Crippen LogP contribution in [0, 0.1) is 0 Å². The molecule has 1 amide bonds. The molecule has 1 aliphatic rings. The Balaban J connectivity index is 1.55. The van der Waals surface area contributed by atoms with E-state index in [0.29, 0.717) is 11.5 Å². The molecule has 2 heteroatoms. The molecule has 3 aromatic rings. The van der Waals surface area contributed by atoms with Gasteiger partial charge >= 0.3 is 0 Å². The fourth-order valence-corrected chi connectivity index (χ4v) is 3.80. The smallest absolute Gasteiger partial charge is 0.251 e. The topological polar surface area (TPSA) is 29.1 Å². The molecule has 0 radical (unpaired) electrons. The van der Waals surface area contributed by atoms with Crippen LogP contribution < -0.4 is 5.32 Å². The first-order valence-electron chi connectivity index (χ1n) is 8.80. The Bertz CT molecular complexity index is 858. The number of amides is 1. The summed E-state index contributed by atoms with van der Waals surface area (Å²) in [5.41, 5.74) is 4.68. The average molecular weight is 327 g/mol. The van der Waals surface area contributed by atoms with Crippen LogP contribution in [0.15, 0.2) is 84.9 Å². The van der Waals surface area contributed by atoms with Gasteiger partial charge in [-0.3, -0.25) is 4.79 Å². The maximum absolute atomic E-state index is 12.6. The highest BCUT2D eigenvalue weighted by molar-refractivity contribution is 5.94. The summed E-state index contributed by atoms with van der Waals surface area (Å²) in [7, 11) is 0. The third-order valence-corrected chi connectivity index (χ3v) is 5.00. The van der Waals surface area contributed by atoms with Crippen molar-refractivity contribution in [1.82, 2.24) is 5.32 Å². The molecule has 3 aromatic carbocycles. The largest absolute Gasteiger partial charge is 0.345 e. The summed E-state index contributed by atoms with van der Waals surface area (Å²) in [6.07, 6.45) is 1.96. The van der Waals surface area contributed by atoms with Gasteiger partial charge in [0.1, 0.15) is 0 Å². The lowest BCUT2D eigenvalue weighted by Crippen LogP contribution is -2.27. The second kappa shape index (κ2) is 6.94. The van der Waals surface area contributed by atoms with Gasteiger partial charge < -0.3 is 5.32 Å². The van der Waals surface area contributed by atoms with Crippen molar-refractivity contribution in [3.05, 3.63) is 107 Å². The third kappa shape index (κ3) is 3.34. The normalized spacial score (nSPS) is 18.6. The second-order valence-electron chi connectivity index (χ2n) is 6.64. The highest BCUT2D eigenvalue weighted by Gasteiger charge is 2.31. The number of nitrogens with one attached hydrogen (secondary N) is 1. The molecule has 0 aliphatic heterocycles. The van der Waals surface area contributed by atoms with E-state index in [0.717, 1.165) is 12.8 Å². The Hall–Kier alpha value is -2.87. The Kier molecular flexibility index (Phi) is 4.34. The molecule has 1 N–H and O–H groups in total. The van der Waals surface area contributed by atoms with E-state index >= 15 is 0 Å². The first kappa shape index (κ1) is 15.6. The van der Waals surface area contributed by atoms with Gasteiger partial charge in [-0.15, -0.1) is 0 Å². The summed E-state index contributed by atoms with van der Waals surface area (Å²) in [5, 5.41) is 3.23. The molecule has 0 aromatic heterocycles. The molecule has 2 atom stereocenters. The minimum absolute atomic E-state index is 0.000708. The van der Waals surface area contributed by atoms with Crippen LogP contribution in [0.5, 0.6) is 0 Å². The van der Waals surface area contributed by atoms with Crippen molar-refractivity contribution in [1.29, 1.82) is 0 Å². The molecule has 0 unspecified atom stereocenters. The minimum Gasteiger partial charge on any atom is -0.345 e. The lowest BCUT2D eigenvalue weighted by atomic mass is 9.94. The summed E-state index contributed by atoms with van der Waals surface area (Å²) in [5.74, 6) is 0.445. The van der Waals surface area contributed by atoms with Gasteiger partial charge in [-0.05, 0) is 47.6 Å². The molecule has 0 heterocycles. The quantitative estimate of drug-likeness (QED) is 0.726. The van der Waals surface area contributed by atoms with Crippen molar-refractivity contribution < 1.29 is 4.79 Å². The van der Waals surface area contributed by atoms with E-state index in [1.165, 1.54) is 16.7 Å². The number of hydrogen-bond donors (Lipinski definition) is 1. The van der Waals surface area contributed by atoms with E-state index in [9.17, 15) is 4.79 Å². The van der Waals surface area contributed by atoms with Gasteiger partial charge in [0, 0.05) is 5.56 Å². The molecular formula is C23H21NO. The molecule has 0 bridgehead atoms. The number of rotatable bonds is 4. The Morgan fingerprint density at radius 2 is 1.40 bits per heavy atom. The van der Waals surface area contributed by atoms with Gasteiger partial charge in [0.15, 0.2) is 0 Å². The summed E-state index contributed by atoms with van der Waals surface area (Å²) in [6.45, 7) is 0. The number of benzene rings is 3. The first-order valence-corrected chi connectivity index (χ1v) is 8.80. The first-order chi connectivity index (χ1) is 12.3. The van der Waals surface area contributed by atoms with Gasteiger partial charge in [0.2, 0.25) is 0 Å². The lowest BCUT2D eigenvalue weighted by Gasteiger charge is -2.15. The Morgan fingerprint density at radius 1 is 0.800 bits per heavy atom. The Labute approximate surface area is 148 Å². The molecule has 124 valence electrons. The third-order valence-electron chi connectivity index (χ3n) is 5.00. The van der Waals surface area contributed by atoms with Crippen LogP contribution in [-0.4, -0.2) is 5.91 Å². The van der Waals surface area contributed by atoms with Crippen LogP contribution in [0.1, 0.15) is 45.4 Å². The van der Waals surface area contributed by atoms with Crippen LogP contribution in [-0.2, 0) is 6.42 Å². The summed E-state index contributed by atoms with van der Waals surface area (Å²) in [6, 6.07) is 28.6. The fourth-order valence-electron chi connectivity index (χ4n) is 3.80. The van der Waals surface area contributed by atoms with Crippen LogP contribution in [0.4, 0.5) is 0 Å². The molecule has 0 saturated carbocycles. The average Bonchev–Trinajstić information content (AvgIpc) is 3.01. The van der Waals surface area contributed by atoms with Crippen molar-refractivity contribution in [2.24, 2.45) is 0 Å². The van der Waals surface area contributed by atoms with Gasteiger partial charge in [-0.2, -0.15) is 0 Å². The molecule has 1 aliphatic carbocycles. The maximum atomic E-state index is 12.6. The van der Waals surface area contributed by atoms with Crippen LogP contribution in [0.3, 0.4) is 0 Å². The zero-order chi connectivity index (χ0) is 17.1. The van der Waals surface area contributed by atoms with Crippen molar-refractivity contribution in [3.63, 3.8) is 0 Å². The number of carbonyl (C=O) groups excluding carboxylic acids is 1. The zero-order valence-electron chi connectivity index (χ0n) is 14.1. The molecule has 0 spiro atoms. The van der Waals surface area contributed by atoms with E-state index in [4.69, 9.17) is 0 Å². The molecule has 0 saturated heterocycles. The molecule has 4 rings (SSSR count). The van der Waals surface area contributed by atoms with Crippen LogP contribution in [0.2, 0.25) is 0 Å². The predicted molar refractivity (Wildman–Crippen MR) is 101 cm³/mol. The van der Waals surface area contributed by atoms with E-state index in [1.807, 2.05) is 30.3 Å². The minimum atomic E-state index is 0.000708. The number of fused-ring (bicyclic) bond motifs is 1. The van der Waals surface area contributed by atoms with Gasteiger partial charge in [-0.25, -0.2) is 0 Å². The van der Waals surface area contributed by atoms with Gasteiger partial charge in [0.25, 0.3) is 5.91 Å². The zero-order valence-corrected chi connectivity index (χ0v) is 14.1. The SMILES string of the molecule is O=C(N[C@H]1C[C@@H](Cc2ccccc2)c2ccccc21)c1ccccc1. The molecule has 25 heavy (non-hydrogen) atoms. The van der Waals surface area contributed by atoms with Crippen molar-refractivity contribution in [3.8, 4) is 0 Å². The Morgan fingerprint density at radius 3 is 2.12 bits per heavy atom. The van der Waals surface area contributed by atoms with Gasteiger partial charge in [0.05, 0.1) is 6.04 Å². The summed E-state index contributed by atoms with van der Waals surface area (Å²) < 4.78 is 0. The molecule has 2 nitrogen and oxygen atoms in total. The fraction of sp³-hybridized carbons (Fsp3) is 0.174. The standard InChI is InChI=1S/C23H21NO/c25-23(18-11-5-2-6-12-18)24-22-16-19(15-17-9-3-1-4-10-17)20-13-7-8-14-21(20)22/h1-14,19,22H,15-16H2,(H,24,25)/t19-,22+/m1/s1. The van der Waals surface area contributed by atoms with Crippen molar-refractivity contribution in [2.75, 3.05) is 0 Å². The van der Waals surface area contributed by atoms with Crippen molar-refractivity contribution in [2.45, 2.75) is 24.8 Å². The van der Waals surface area contributed by atoms with E-state index in [1.54, 1.807) is 0 Å². The van der Waals surface area contributed by atoms with Crippen LogP contribution >= 0.6 is 0 Å². The van der Waals surface area contributed by atoms with Crippen LogP contribution in [0.25, 0.3) is 0 Å². The number of carbonyl (C=O) groups is 1. The maximum Gasteiger partial charge on any atom is 0.251 e. The van der Waals surface area contributed by atoms with E-state index in [2.05, 4.69) is 59.9 Å². The highest BCUT2D eigenvalue weighted by Crippen LogP contribution is 2.42. The monoisotopic (exact) mass is 327 g/mol. The summed E-state index contributed by atoms with van der Waals surface area (Å²) in [4.78, 5) is 12.6. The van der Waals surface area contributed by atoms with E-state index in [-0.39, 0.29) is 11.9 Å². The lowest BCUT2D eigenvalue weighted by molar-refractivity contribution is 0.0936. The second-order valence-corrected chi connectivity index (χ2v) is 6.64. The molecule has 0 fully saturated rings. The predicted octanol–water partition coefficient (Wildman–Crippen LogP) is 4.89. The highest BCUT2D eigenvalue weighted by atomic mass is 16.1. The molecular weight excluding hydrogens is 306 g/mol. The van der Waals surface area contributed by atoms with E-state index < -0.39 is 0 Å². The van der Waals surface area contributed by atoms with Crippen molar-refractivity contribution >= 4 is 5.91 Å². The number of hydrogen-bond acceptors (Lipinski definition) is 1. The van der Waals surface area contributed by atoms with Gasteiger partial charge in [-0.1, -0.05) is 72.8 Å².